The van der Waals surface area contributed by atoms with Gasteiger partial charge in [0.1, 0.15) is 11.5 Å². The minimum absolute atomic E-state index is 0.0413. The van der Waals surface area contributed by atoms with Crippen LogP contribution in [-0.4, -0.2) is 64.6 Å². The van der Waals surface area contributed by atoms with E-state index < -0.39 is 29.3 Å². The lowest BCUT2D eigenvalue weighted by Gasteiger charge is -2.34. The van der Waals surface area contributed by atoms with Crippen LogP contribution in [0.1, 0.15) is 38.4 Å². The molecule has 3 heterocycles. The molecule has 1 aromatic carbocycles. The van der Waals surface area contributed by atoms with E-state index in [0.29, 0.717) is 24.1 Å². The van der Waals surface area contributed by atoms with Gasteiger partial charge in [-0.05, 0) is 30.5 Å². The molecule has 0 spiro atoms. The van der Waals surface area contributed by atoms with Crippen molar-refractivity contribution in [2.45, 2.75) is 32.0 Å². The Morgan fingerprint density at radius 1 is 1.22 bits per heavy atom. The predicted octanol–water partition coefficient (Wildman–Crippen LogP) is 1.68. The number of fused-ring (bicyclic) bond motifs is 3. The Bertz CT molecular complexity index is 1170. The molecular weight excluding hydrogens is 441 g/mol. The first-order valence-electron chi connectivity index (χ1n) is 10.2. The van der Waals surface area contributed by atoms with Crippen LogP contribution in [0.2, 0.25) is 5.02 Å². The number of carbonyl (C=O) groups excluding carboxylic acids is 2. The third-order valence-corrected chi connectivity index (χ3v) is 6.23. The van der Waals surface area contributed by atoms with E-state index in [1.54, 1.807) is 13.1 Å². The third kappa shape index (κ3) is 3.75. The molecule has 0 saturated heterocycles. The van der Waals surface area contributed by atoms with Crippen LogP contribution in [0.5, 0.6) is 5.75 Å². The molecule has 0 saturated carbocycles. The van der Waals surface area contributed by atoms with Crippen molar-refractivity contribution in [3.8, 4) is 5.75 Å². The maximum absolute atomic E-state index is 13.5. The summed E-state index contributed by atoms with van der Waals surface area (Å²) in [6.45, 7) is 0.748. The highest BCUT2D eigenvalue weighted by Gasteiger charge is 2.37. The molecule has 2 aliphatic rings. The molecule has 1 N–H and O–H groups in total. The number of ether oxygens (including phenoxy) is 1. The first-order valence-corrected chi connectivity index (χ1v) is 10.6. The van der Waals surface area contributed by atoms with Crippen LogP contribution in [-0.2, 0) is 19.5 Å². The van der Waals surface area contributed by atoms with Crippen molar-refractivity contribution in [2.75, 3.05) is 27.2 Å². The smallest absolute Gasteiger partial charge is 0.294 e. The molecular formula is C22H23ClFN3O5. The largest absolute Gasteiger partial charge is 0.490 e. The Balaban J connectivity index is 1.81. The van der Waals surface area contributed by atoms with Crippen molar-refractivity contribution in [2.24, 2.45) is 0 Å². The molecule has 2 aliphatic heterocycles. The summed E-state index contributed by atoms with van der Waals surface area (Å²) >= 11 is 5.86. The van der Waals surface area contributed by atoms with Crippen LogP contribution in [0.15, 0.2) is 23.0 Å². The number of likely N-dealkylation sites (N-methyl/N-ethyl adjacent to an activating group) is 1. The average molecular weight is 464 g/mol. The summed E-state index contributed by atoms with van der Waals surface area (Å²) in [6.07, 6.45) is -0.132. The van der Waals surface area contributed by atoms with E-state index in [0.717, 1.165) is 0 Å². The van der Waals surface area contributed by atoms with Crippen LogP contribution in [0.3, 0.4) is 0 Å². The molecule has 10 heteroatoms. The van der Waals surface area contributed by atoms with Gasteiger partial charge in [0.2, 0.25) is 0 Å². The summed E-state index contributed by atoms with van der Waals surface area (Å²) in [6, 6.07) is 4.23. The van der Waals surface area contributed by atoms with Crippen LogP contribution in [0, 0.1) is 5.82 Å². The lowest BCUT2D eigenvalue weighted by Crippen LogP contribution is -2.46. The summed E-state index contributed by atoms with van der Waals surface area (Å²) < 4.78 is 20.1. The highest BCUT2D eigenvalue weighted by molar-refractivity contribution is 6.30. The summed E-state index contributed by atoms with van der Waals surface area (Å²) in [5, 5.41) is 10.1. The second-order valence-electron chi connectivity index (χ2n) is 8.05. The zero-order valence-corrected chi connectivity index (χ0v) is 18.5. The molecule has 0 bridgehead atoms. The van der Waals surface area contributed by atoms with Crippen molar-refractivity contribution < 1.29 is 23.8 Å². The van der Waals surface area contributed by atoms with Crippen LogP contribution >= 0.6 is 11.6 Å². The van der Waals surface area contributed by atoms with Crippen LogP contribution < -0.4 is 10.3 Å². The number of rotatable bonds is 3. The molecule has 0 radical (unpaired) electrons. The maximum Gasteiger partial charge on any atom is 0.294 e. The standard InChI is InChI=1S/C22H23ClFN3O5/c1-25-11-13(28)5-8-27-18(21(25)30)14-6-7-26(10-12-3-4-16(24)15(23)9-12)20(29)17(14)19(32-2)22(27)31/h3-4,9,13,28H,5-8,10-11H2,1-2H3. The summed E-state index contributed by atoms with van der Waals surface area (Å²) in [4.78, 5) is 42.6. The maximum atomic E-state index is 13.5. The van der Waals surface area contributed by atoms with E-state index in [4.69, 9.17) is 16.3 Å². The number of methoxy groups -OCH3 is 1. The number of hydrogen-bond donors (Lipinski definition) is 1. The van der Waals surface area contributed by atoms with Gasteiger partial charge in [0.15, 0.2) is 5.75 Å². The van der Waals surface area contributed by atoms with E-state index in [1.807, 2.05) is 0 Å². The molecule has 2 aromatic rings. The first-order chi connectivity index (χ1) is 15.2. The van der Waals surface area contributed by atoms with Crippen molar-refractivity contribution in [3.63, 3.8) is 0 Å². The Morgan fingerprint density at radius 2 is 1.97 bits per heavy atom. The van der Waals surface area contributed by atoms with Gasteiger partial charge in [-0.15, -0.1) is 0 Å². The number of pyridine rings is 1. The number of aliphatic hydroxyl groups excluding tert-OH is 1. The zero-order chi connectivity index (χ0) is 23.2. The van der Waals surface area contributed by atoms with Gasteiger partial charge in [-0.1, -0.05) is 17.7 Å². The Morgan fingerprint density at radius 3 is 2.66 bits per heavy atom. The van der Waals surface area contributed by atoms with Crippen molar-refractivity contribution in [3.05, 3.63) is 61.8 Å². The van der Waals surface area contributed by atoms with Gasteiger partial charge in [0.25, 0.3) is 17.4 Å². The molecule has 0 fully saturated rings. The number of aliphatic hydroxyl groups is 1. The van der Waals surface area contributed by atoms with Crippen LogP contribution in [0.25, 0.3) is 0 Å². The average Bonchev–Trinajstić information content (AvgIpc) is 2.75. The van der Waals surface area contributed by atoms with Crippen LogP contribution in [0.4, 0.5) is 4.39 Å². The first kappa shape index (κ1) is 22.3. The van der Waals surface area contributed by atoms with E-state index >= 15 is 0 Å². The normalized spacial score (nSPS) is 18.7. The van der Waals surface area contributed by atoms with Gasteiger partial charge in [-0.25, -0.2) is 4.39 Å². The lowest BCUT2D eigenvalue weighted by atomic mass is 9.94. The monoisotopic (exact) mass is 463 g/mol. The fraction of sp³-hybridized carbons (Fsp3) is 0.409. The fourth-order valence-corrected chi connectivity index (χ4v) is 4.53. The van der Waals surface area contributed by atoms with Crippen molar-refractivity contribution in [1.29, 1.82) is 0 Å². The summed E-state index contributed by atoms with van der Waals surface area (Å²) in [5.74, 6) is -1.54. The van der Waals surface area contributed by atoms with Gasteiger partial charge in [-0.2, -0.15) is 0 Å². The molecule has 1 atom stereocenters. The predicted molar refractivity (Wildman–Crippen MR) is 115 cm³/mol. The molecule has 2 amide bonds. The number of hydrogen-bond acceptors (Lipinski definition) is 5. The summed E-state index contributed by atoms with van der Waals surface area (Å²) in [7, 11) is 2.86. The number of carbonyl (C=O) groups is 2. The highest BCUT2D eigenvalue weighted by atomic mass is 35.5. The zero-order valence-electron chi connectivity index (χ0n) is 17.7. The summed E-state index contributed by atoms with van der Waals surface area (Å²) in [5.41, 5.74) is 0.759. The molecule has 170 valence electrons. The molecule has 1 unspecified atom stereocenters. The van der Waals surface area contributed by atoms with E-state index in [9.17, 15) is 23.9 Å². The molecule has 1 aromatic heterocycles. The number of nitrogens with zero attached hydrogens (tertiary/aromatic N) is 3. The number of halogens is 2. The third-order valence-electron chi connectivity index (χ3n) is 5.94. The topological polar surface area (TPSA) is 92.1 Å². The Hall–Kier alpha value is -2.91. The van der Waals surface area contributed by atoms with E-state index in [2.05, 4.69) is 0 Å². The minimum Gasteiger partial charge on any atom is -0.490 e. The van der Waals surface area contributed by atoms with Gasteiger partial charge in [0.05, 0.1) is 23.8 Å². The molecule has 32 heavy (non-hydrogen) atoms. The second kappa shape index (κ2) is 8.55. The fourth-order valence-electron chi connectivity index (χ4n) is 4.33. The molecule has 8 nitrogen and oxygen atoms in total. The van der Waals surface area contributed by atoms with Gasteiger partial charge >= 0.3 is 0 Å². The lowest BCUT2D eigenvalue weighted by molar-refractivity contribution is 0.0607. The Labute approximate surface area is 188 Å². The minimum atomic E-state index is -0.759. The van der Waals surface area contributed by atoms with E-state index in [-0.39, 0.29) is 48.1 Å². The van der Waals surface area contributed by atoms with Gasteiger partial charge in [-0.3, -0.25) is 14.4 Å². The Kier molecular flexibility index (Phi) is 5.96. The highest BCUT2D eigenvalue weighted by Crippen LogP contribution is 2.31. The SMILES string of the molecule is COc1c2c(c3n(c1=O)CCC(O)CN(C)C3=O)CCN(Cc1ccc(F)c(Cl)c1)C2=O. The molecule has 4 rings (SSSR count). The van der Waals surface area contributed by atoms with Gasteiger partial charge in [0, 0.05) is 38.8 Å². The molecule has 0 aliphatic carbocycles. The van der Waals surface area contributed by atoms with Crippen molar-refractivity contribution in [1.82, 2.24) is 14.4 Å². The van der Waals surface area contributed by atoms with E-state index in [1.165, 1.54) is 33.6 Å². The number of β-amino-alcohol motifs (C(OH)–C–C–N with tert-alkyl or cyclic N) is 1. The second-order valence-corrected chi connectivity index (χ2v) is 8.45. The van der Waals surface area contributed by atoms with Gasteiger partial charge < -0.3 is 24.2 Å². The number of amides is 2. The van der Waals surface area contributed by atoms with Crippen molar-refractivity contribution >= 4 is 23.4 Å². The number of benzene rings is 1. The number of aromatic nitrogens is 1. The quantitative estimate of drug-likeness (QED) is 0.747.